The average Bonchev–Trinajstić information content (AvgIpc) is 3.38. The Kier molecular flexibility index (Phi) is 7.18. The number of hydrogen-bond donors (Lipinski definition) is 2. The first-order valence-corrected chi connectivity index (χ1v) is 11.1. The highest BCUT2D eigenvalue weighted by atomic mass is 16.5. The summed E-state index contributed by atoms with van der Waals surface area (Å²) in [5.41, 5.74) is 2.56. The first kappa shape index (κ1) is 23.7. The minimum Gasteiger partial charge on any atom is -0.462 e. The number of esters is 1. The predicted molar refractivity (Wildman–Crippen MR) is 132 cm³/mol. The van der Waals surface area contributed by atoms with Gasteiger partial charge in [-0.1, -0.05) is 72.8 Å². The summed E-state index contributed by atoms with van der Waals surface area (Å²) in [4.78, 5) is 24.9. The van der Waals surface area contributed by atoms with Crippen molar-refractivity contribution in [2.45, 2.75) is 12.5 Å². The van der Waals surface area contributed by atoms with Crippen LogP contribution in [0.5, 0.6) is 0 Å². The Labute approximate surface area is 202 Å². The second-order valence-corrected chi connectivity index (χ2v) is 7.64. The molecular weight excluding hydrogens is 444 g/mol. The molecule has 0 aliphatic heterocycles. The maximum absolute atomic E-state index is 13.1. The van der Waals surface area contributed by atoms with Gasteiger partial charge in [0.25, 0.3) is 5.91 Å². The fourth-order valence-corrected chi connectivity index (χ4v) is 3.59. The largest absolute Gasteiger partial charge is 0.462 e. The number of furan rings is 1. The summed E-state index contributed by atoms with van der Waals surface area (Å²) in [5, 5.41) is 15.4. The standard InChI is InChI=1S/C28H24N2O5/c1-2-34-26(31)21-15-13-20(14-16-21)25-18-17-24(35-25)19-29-30-27(32)28(33,22-9-5-3-6-10-22)23-11-7-4-8-12-23/h3-19,33H,2H2,1H3,(H,30,32)/b29-19+. The van der Waals surface area contributed by atoms with Gasteiger partial charge in [-0.25, -0.2) is 10.2 Å². The summed E-state index contributed by atoms with van der Waals surface area (Å²) in [6.07, 6.45) is 1.35. The number of carbonyl (C=O) groups is 2. The van der Waals surface area contributed by atoms with Gasteiger partial charge in [-0.2, -0.15) is 5.10 Å². The van der Waals surface area contributed by atoms with E-state index in [0.29, 0.717) is 34.8 Å². The summed E-state index contributed by atoms with van der Waals surface area (Å²) in [6.45, 7) is 2.07. The van der Waals surface area contributed by atoms with Crippen LogP contribution < -0.4 is 5.43 Å². The molecule has 0 saturated heterocycles. The Morgan fingerprint density at radius 2 is 1.51 bits per heavy atom. The van der Waals surface area contributed by atoms with Crippen LogP contribution in [0.3, 0.4) is 0 Å². The van der Waals surface area contributed by atoms with Crippen LogP contribution in [0.2, 0.25) is 0 Å². The van der Waals surface area contributed by atoms with E-state index in [4.69, 9.17) is 9.15 Å². The van der Waals surface area contributed by atoms with Gasteiger partial charge in [-0.15, -0.1) is 0 Å². The molecule has 7 nitrogen and oxygen atoms in total. The smallest absolute Gasteiger partial charge is 0.338 e. The number of carbonyl (C=O) groups excluding carboxylic acids is 2. The molecule has 1 heterocycles. The van der Waals surface area contributed by atoms with Crippen molar-refractivity contribution in [3.63, 3.8) is 0 Å². The van der Waals surface area contributed by atoms with Crippen molar-refractivity contribution >= 4 is 18.1 Å². The number of aliphatic hydroxyl groups is 1. The molecule has 7 heteroatoms. The molecule has 1 aromatic heterocycles. The molecule has 0 unspecified atom stereocenters. The molecule has 0 aliphatic rings. The van der Waals surface area contributed by atoms with Crippen molar-refractivity contribution in [2.24, 2.45) is 5.10 Å². The lowest BCUT2D eigenvalue weighted by atomic mass is 9.85. The van der Waals surface area contributed by atoms with Gasteiger partial charge in [0.15, 0.2) is 5.60 Å². The second kappa shape index (κ2) is 10.6. The molecule has 0 saturated carbocycles. The van der Waals surface area contributed by atoms with Gasteiger partial charge < -0.3 is 14.3 Å². The SMILES string of the molecule is CCOC(=O)c1ccc(-c2ccc(/C=N/NC(=O)C(O)(c3ccccc3)c3ccccc3)o2)cc1. The minimum absolute atomic E-state index is 0.312. The molecule has 0 fully saturated rings. The number of ether oxygens (including phenoxy) is 1. The third kappa shape index (κ3) is 5.20. The quantitative estimate of drug-likeness (QED) is 0.225. The van der Waals surface area contributed by atoms with Gasteiger partial charge in [0, 0.05) is 5.56 Å². The third-order valence-corrected chi connectivity index (χ3v) is 5.38. The molecule has 0 radical (unpaired) electrons. The van der Waals surface area contributed by atoms with Gasteiger partial charge in [0.05, 0.1) is 18.4 Å². The average molecular weight is 469 g/mol. The van der Waals surface area contributed by atoms with E-state index in [1.165, 1.54) is 6.21 Å². The van der Waals surface area contributed by atoms with E-state index in [1.807, 2.05) is 12.1 Å². The van der Waals surface area contributed by atoms with Crippen LogP contribution in [-0.4, -0.2) is 29.8 Å². The Morgan fingerprint density at radius 1 is 0.914 bits per heavy atom. The zero-order valence-corrected chi connectivity index (χ0v) is 19.0. The van der Waals surface area contributed by atoms with Crippen LogP contribution in [-0.2, 0) is 15.1 Å². The lowest BCUT2D eigenvalue weighted by Crippen LogP contribution is -2.43. The van der Waals surface area contributed by atoms with Crippen LogP contribution in [0.25, 0.3) is 11.3 Å². The van der Waals surface area contributed by atoms with Gasteiger partial charge in [-0.3, -0.25) is 4.79 Å². The molecular formula is C28H24N2O5. The van der Waals surface area contributed by atoms with Gasteiger partial charge in [0.2, 0.25) is 0 Å². The lowest BCUT2D eigenvalue weighted by Gasteiger charge is -2.26. The zero-order valence-electron chi connectivity index (χ0n) is 19.0. The first-order valence-electron chi connectivity index (χ1n) is 11.1. The maximum atomic E-state index is 13.1. The maximum Gasteiger partial charge on any atom is 0.338 e. The van der Waals surface area contributed by atoms with Crippen LogP contribution in [0.15, 0.2) is 107 Å². The number of hydrazone groups is 1. The fraction of sp³-hybridized carbons (Fsp3) is 0.107. The molecule has 0 bridgehead atoms. The van der Waals surface area contributed by atoms with E-state index in [0.717, 1.165) is 5.56 Å². The molecule has 176 valence electrons. The Balaban J connectivity index is 1.48. The van der Waals surface area contributed by atoms with Crippen LogP contribution in [0.1, 0.15) is 34.2 Å². The predicted octanol–water partition coefficient (Wildman–Crippen LogP) is 4.51. The number of nitrogens with one attached hydrogen (secondary N) is 1. The van der Waals surface area contributed by atoms with Crippen LogP contribution in [0.4, 0.5) is 0 Å². The summed E-state index contributed by atoms with van der Waals surface area (Å²) in [5.74, 6) is -0.114. The molecule has 0 spiro atoms. The van der Waals surface area contributed by atoms with E-state index >= 15 is 0 Å². The van der Waals surface area contributed by atoms with Crippen molar-refractivity contribution in [3.05, 3.63) is 120 Å². The van der Waals surface area contributed by atoms with E-state index in [2.05, 4.69) is 10.5 Å². The molecule has 1 amide bonds. The second-order valence-electron chi connectivity index (χ2n) is 7.64. The molecule has 4 rings (SSSR count). The summed E-state index contributed by atoms with van der Waals surface area (Å²) in [7, 11) is 0. The number of rotatable bonds is 8. The van der Waals surface area contributed by atoms with Crippen molar-refractivity contribution in [1.82, 2.24) is 5.43 Å². The Bertz CT molecular complexity index is 1270. The van der Waals surface area contributed by atoms with Crippen LogP contribution in [0, 0.1) is 0 Å². The van der Waals surface area contributed by atoms with Crippen molar-refractivity contribution in [2.75, 3.05) is 6.61 Å². The van der Waals surface area contributed by atoms with E-state index in [9.17, 15) is 14.7 Å². The molecule has 0 aliphatic carbocycles. The molecule has 4 aromatic rings. The van der Waals surface area contributed by atoms with Gasteiger partial charge >= 0.3 is 5.97 Å². The monoisotopic (exact) mass is 468 g/mol. The Morgan fingerprint density at radius 3 is 2.09 bits per heavy atom. The molecule has 0 atom stereocenters. The van der Waals surface area contributed by atoms with E-state index in [-0.39, 0.29) is 5.97 Å². The van der Waals surface area contributed by atoms with E-state index in [1.54, 1.807) is 91.9 Å². The highest BCUT2D eigenvalue weighted by Crippen LogP contribution is 2.30. The number of amides is 1. The number of nitrogens with zero attached hydrogens (tertiary/aromatic N) is 1. The minimum atomic E-state index is -1.92. The fourth-order valence-electron chi connectivity index (χ4n) is 3.59. The Hall–Kier alpha value is -4.49. The molecule has 3 aromatic carbocycles. The number of hydrogen-bond acceptors (Lipinski definition) is 6. The summed E-state index contributed by atoms with van der Waals surface area (Å²) >= 11 is 0. The van der Waals surface area contributed by atoms with E-state index < -0.39 is 11.5 Å². The summed E-state index contributed by atoms with van der Waals surface area (Å²) < 4.78 is 10.8. The normalized spacial score (nSPS) is 11.4. The highest BCUT2D eigenvalue weighted by molar-refractivity contribution is 5.91. The zero-order chi connectivity index (χ0) is 24.7. The van der Waals surface area contributed by atoms with Crippen molar-refractivity contribution in [3.8, 4) is 11.3 Å². The van der Waals surface area contributed by atoms with Crippen molar-refractivity contribution < 1.29 is 23.8 Å². The molecule has 2 N–H and O–H groups in total. The third-order valence-electron chi connectivity index (χ3n) is 5.38. The topological polar surface area (TPSA) is 101 Å². The first-order chi connectivity index (χ1) is 17.0. The highest BCUT2D eigenvalue weighted by Gasteiger charge is 2.39. The van der Waals surface area contributed by atoms with Gasteiger partial charge in [0.1, 0.15) is 11.5 Å². The molecule has 35 heavy (non-hydrogen) atoms. The lowest BCUT2D eigenvalue weighted by molar-refractivity contribution is -0.136. The number of benzene rings is 3. The van der Waals surface area contributed by atoms with Crippen LogP contribution >= 0.6 is 0 Å². The summed E-state index contributed by atoms with van der Waals surface area (Å²) in [6, 6.07) is 27.7. The van der Waals surface area contributed by atoms with Crippen molar-refractivity contribution in [1.29, 1.82) is 0 Å². The van der Waals surface area contributed by atoms with Gasteiger partial charge in [-0.05, 0) is 42.3 Å².